The van der Waals surface area contributed by atoms with E-state index in [-0.39, 0.29) is 5.91 Å². The van der Waals surface area contributed by atoms with Gasteiger partial charge in [0.25, 0.3) is 5.91 Å². The van der Waals surface area contributed by atoms with E-state index in [9.17, 15) is 4.79 Å². The maximum absolute atomic E-state index is 12.5. The van der Waals surface area contributed by atoms with Crippen molar-refractivity contribution < 1.29 is 4.79 Å². The second-order valence-corrected chi connectivity index (χ2v) is 7.23. The molecule has 1 N–H and O–H groups in total. The number of aryl methyl sites for hydroxylation is 3. The number of thiazole rings is 1. The summed E-state index contributed by atoms with van der Waals surface area (Å²) in [6, 6.07) is 12.2. The van der Waals surface area contributed by atoms with E-state index in [0.717, 1.165) is 27.8 Å². The number of benzene rings is 2. The highest BCUT2D eigenvalue weighted by Crippen LogP contribution is 2.28. The molecule has 1 aromatic heterocycles. The number of aromatic nitrogens is 1. The summed E-state index contributed by atoms with van der Waals surface area (Å²) in [6.07, 6.45) is 3.48. The quantitative estimate of drug-likeness (QED) is 0.666. The number of amides is 1. The number of nitrogens with zero attached hydrogens (tertiary/aromatic N) is 1. The minimum absolute atomic E-state index is 0.0993. The molecule has 0 aliphatic rings. The van der Waals surface area contributed by atoms with E-state index in [0.29, 0.717) is 10.7 Å². The van der Waals surface area contributed by atoms with E-state index in [2.05, 4.69) is 29.4 Å². The Morgan fingerprint density at radius 2 is 2.00 bits per heavy atom. The fraction of sp³-hybridized carbons (Fsp3) is 0.300. The van der Waals surface area contributed by atoms with Crippen LogP contribution in [-0.2, 0) is 6.42 Å². The van der Waals surface area contributed by atoms with Gasteiger partial charge in [-0.3, -0.25) is 10.1 Å². The molecule has 3 nitrogen and oxygen atoms in total. The van der Waals surface area contributed by atoms with Gasteiger partial charge >= 0.3 is 0 Å². The number of carbonyl (C=O) groups excluding carboxylic acids is 1. The molecule has 0 spiro atoms. The molecule has 0 bridgehead atoms. The number of fused-ring (bicyclic) bond motifs is 1. The minimum atomic E-state index is -0.0993. The highest BCUT2D eigenvalue weighted by Gasteiger charge is 2.12. The van der Waals surface area contributed by atoms with Crippen molar-refractivity contribution in [1.29, 1.82) is 0 Å². The maximum atomic E-state index is 12.5. The van der Waals surface area contributed by atoms with Crippen LogP contribution in [0.3, 0.4) is 0 Å². The van der Waals surface area contributed by atoms with E-state index in [1.54, 1.807) is 0 Å². The smallest absolute Gasteiger partial charge is 0.257 e. The van der Waals surface area contributed by atoms with E-state index in [4.69, 9.17) is 0 Å². The number of rotatable bonds is 5. The van der Waals surface area contributed by atoms with Gasteiger partial charge in [0.2, 0.25) is 0 Å². The number of hydrogen-bond acceptors (Lipinski definition) is 3. The third-order valence-corrected chi connectivity index (χ3v) is 5.05. The first-order chi connectivity index (χ1) is 11.6. The summed E-state index contributed by atoms with van der Waals surface area (Å²) in [4.78, 5) is 17.0. The summed E-state index contributed by atoms with van der Waals surface area (Å²) in [5.74, 6) is -0.0993. The lowest BCUT2D eigenvalue weighted by Crippen LogP contribution is -2.13. The minimum Gasteiger partial charge on any atom is -0.298 e. The van der Waals surface area contributed by atoms with Gasteiger partial charge in [0.1, 0.15) is 0 Å². The lowest BCUT2D eigenvalue weighted by Gasteiger charge is -2.06. The first-order valence-corrected chi connectivity index (χ1v) is 9.16. The normalized spacial score (nSPS) is 11.0. The van der Waals surface area contributed by atoms with Crippen molar-refractivity contribution in [3.8, 4) is 0 Å². The molecule has 0 aliphatic heterocycles. The Kier molecular flexibility index (Phi) is 4.95. The Morgan fingerprint density at radius 1 is 1.17 bits per heavy atom. The number of nitrogens with one attached hydrogen (secondary N) is 1. The van der Waals surface area contributed by atoms with Gasteiger partial charge in [-0.15, -0.1) is 0 Å². The first kappa shape index (κ1) is 16.7. The van der Waals surface area contributed by atoms with Crippen LogP contribution in [0.25, 0.3) is 10.2 Å². The zero-order valence-electron chi connectivity index (χ0n) is 14.3. The van der Waals surface area contributed by atoms with Crippen molar-refractivity contribution in [1.82, 2.24) is 4.98 Å². The summed E-state index contributed by atoms with van der Waals surface area (Å²) in [6.45, 7) is 6.19. The van der Waals surface area contributed by atoms with Gasteiger partial charge < -0.3 is 0 Å². The van der Waals surface area contributed by atoms with E-state index >= 15 is 0 Å². The molecule has 0 saturated carbocycles. The molecule has 1 amide bonds. The molecule has 124 valence electrons. The molecular weight excluding hydrogens is 316 g/mol. The zero-order chi connectivity index (χ0) is 17.1. The fourth-order valence-corrected chi connectivity index (χ4v) is 3.72. The predicted octanol–water partition coefficient (Wildman–Crippen LogP) is 5.51. The summed E-state index contributed by atoms with van der Waals surface area (Å²) < 4.78 is 1.12. The third kappa shape index (κ3) is 3.65. The average molecular weight is 338 g/mol. The van der Waals surface area contributed by atoms with Crippen molar-refractivity contribution in [2.75, 3.05) is 5.32 Å². The Balaban J connectivity index is 1.80. The molecule has 0 aliphatic carbocycles. The van der Waals surface area contributed by atoms with Crippen LogP contribution in [0.15, 0.2) is 36.4 Å². The predicted molar refractivity (Wildman–Crippen MR) is 102 cm³/mol. The summed E-state index contributed by atoms with van der Waals surface area (Å²) in [5, 5.41) is 3.59. The number of anilines is 1. The van der Waals surface area contributed by atoms with Crippen LogP contribution in [-0.4, -0.2) is 10.9 Å². The van der Waals surface area contributed by atoms with Crippen LogP contribution >= 0.6 is 11.3 Å². The highest BCUT2D eigenvalue weighted by atomic mass is 32.1. The molecule has 0 unspecified atom stereocenters. The van der Waals surface area contributed by atoms with Crippen LogP contribution in [0.4, 0.5) is 5.13 Å². The van der Waals surface area contributed by atoms with Crippen LogP contribution in [0, 0.1) is 13.8 Å². The van der Waals surface area contributed by atoms with Gasteiger partial charge in [-0.05, 0) is 56.0 Å². The third-order valence-electron chi connectivity index (χ3n) is 4.12. The number of carbonyl (C=O) groups is 1. The molecule has 1 heterocycles. The second-order valence-electron chi connectivity index (χ2n) is 6.20. The molecule has 0 radical (unpaired) electrons. The summed E-state index contributed by atoms with van der Waals surface area (Å²) >= 11 is 1.53. The van der Waals surface area contributed by atoms with Gasteiger partial charge in [-0.1, -0.05) is 48.4 Å². The SMILES string of the molecule is CCCCc1ccc2nc(NC(=O)c3ccc(C)cc3C)sc2c1. The Labute approximate surface area is 146 Å². The molecule has 0 atom stereocenters. The average Bonchev–Trinajstić information content (AvgIpc) is 2.94. The van der Waals surface area contributed by atoms with E-state index in [1.165, 1.54) is 29.7 Å². The highest BCUT2D eigenvalue weighted by molar-refractivity contribution is 7.22. The lowest BCUT2D eigenvalue weighted by molar-refractivity contribution is 0.102. The van der Waals surface area contributed by atoms with Crippen LogP contribution in [0.2, 0.25) is 0 Å². The number of hydrogen-bond donors (Lipinski definition) is 1. The molecule has 4 heteroatoms. The topological polar surface area (TPSA) is 42.0 Å². The molecule has 0 saturated heterocycles. The van der Waals surface area contributed by atoms with Gasteiger partial charge in [-0.25, -0.2) is 4.98 Å². The van der Waals surface area contributed by atoms with Crippen molar-refractivity contribution in [3.63, 3.8) is 0 Å². The molecular formula is C20H22N2OS. The van der Waals surface area contributed by atoms with Crippen LogP contribution in [0.5, 0.6) is 0 Å². The molecule has 2 aromatic carbocycles. The standard InChI is InChI=1S/C20H22N2OS/c1-4-5-6-15-8-10-17-18(12-15)24-20(21-17)22-19(23)16-9-7-13(2)11-14(16)3/h7-12H,4-6H2,1-3H3,(H,21,22,23). The van der Waals surface area contributed by atoms with Gasteiger partial charge in [-0.2, -0.15) is 0 Å². The Hall–Kier alpha value is -2.20. The first-order valence-electron chi connectivity index (χ1n) is 8.35. The molecule has 3 aromatic rings. The Morgan fingerprint density at radius 3 is 2.75 bits per heavy atom. The van der Waals surface area contributed by atoms with Crippen LogP contribution < -0.4 is 5.32 Å². The Bertz CT molecular complexity index is 882. The lowest BCUT2D eigenvalue weighted by atomic mass is 10.1. The van der Waals surface area contributed by atoms with Crippen LogP contribution in [0.1, 0.15) is 46.8 Å². The number of unbranched alkanes of at least 4 members (excludes halogenated alkanes) is 1. The molecule has 24 heavy (non-hydrogen) atoms. The van der Waals surface area contributed by atoms with Gasteiger partial charge in [0.05, 0.1) is 10.2 Å². The molecule has 0 fully saturated rings. The van der Waals surface area contributed by atoms with Gasteiger partial charge in [0.15, 0.2) is 5.13 Å². The fourth-order valence-electron chi connectivity index (χ4n) is 2.79. The van der Waals surface area contributed by atoms with Crippen molar-refractivity contribution in [2.24, 2.45) is 0 Å². The van der Waals surface area contributed by atoms with Crippen molar-refractivity contribution in [2.45, 2.75) is 40.0 Å². The van der Waals surface area contributed by atoms with Gasteiger partial charge in [0, 0.05) is 5.56 Å². The zero-order valence-corrected chi connectivity index (χ0v) is 15.2. The molecule has 3 rings (SSSR count). The second kappa shape index (κ2) is 7.14. The van der Waals surface area contributed by atoms with Crippen molar-refractivity contribution >= 4 is 32.6 Å². The van der Waals surface area contributed by atoms with E-state index in [1.807, 2.05) is 38.1 Å². The monoisotopic (exact) mass is 338 g/mol. The summed E-state index contributed by atoms with van der Waals surface area (Å²) in [5.41, 5.74) is 5.11. The van der Waals surface area contributed by atoms with E-state index < -0.39 is 0 Å². The van der Waals surface area contributed by atoms with Crippen molar-refractivity contribution in [3.05, 3.63) is 58.7 Å². The largest absolute Gasteiger partial charge is 0.298 e. The summed E-state index contributed by atoms with van der Waals surface area (Å²) in [7, 11) is 0. The maximum Gasteiger partial charge on any atom is 0.257 e.